The van der Waals surface area contributed by atoms with Crippen LogP contribution < -0.4 is 16.0 Å². The van der Waals surface area contributed by atoms with Crippen molar-refractivity contribution in [2.45, 2.75) is 162 Å². The van der Waals surface area contributed by atoms with E-state index in [-0.39, 0.29) is 24.1 Å². The lowest BCUT2D eigenvalue weighted by Crippen LogP contribution is -2.47. The molecule has 0 rings (SSSR count). The van der Waals surface area contributed by atoms with E-state index in [0.29, 0.717) is 25.9 Å². The van der Waals surface area contributed by atoms with Gasteiger partial charge in [0.1, 0.15) is 6.04 Å². The standard InChI is InChI=1S/C30H59N3O3/c1-4-7-10-11-12-13-14-15-16-17-18-19-20-21-22-29(35)33-27(30(36)32-26-9-6-3)23-24-28(34)31-25-8-5-2/h27H,4-26H2,1-3H3,(H,31,34)(H,32,36)(H,33,35)/t27-/m0/s1. The van der Waals surface area contributed by atoms with Crippen molar-refractivity contribution in [3.63, 3.8) is 0 Å². The van der Waals surface area contributed by atoms with Gasteiger partial charge in [0.05, 0.1) is 0 Å². The topological polar surface area (TPSA) is 87.3 Å². The first kappa shape index (κ1) is 34.4. The molecule has 6 heteroatoms. The molecule has 0 radical (unpaired) electrons. The molecule has 3 N–H and O–H groups in total. The molecular weight excluding hydrogens is 450 g/mol. The van der Waals surface area contributed by atoms with Gasteiger partial charge in [0.25, 0.3) is 0 Å². The summed E-state index contributed by atoms with van der Waals surface area (Å²) in [5.74, 6) is -0.328. The van der Waals surface area contributed by atoms with Gasteiger partial charge in [-0.2, -0.15) is 0 Å². The first-order valence-corrected chi connectivity index (χ1v) is 15.4. The maximum atomic E-state index is 12.6. The molecule has 0 bridgehead atoms. The Hall–Kier alpha value is -1.59. The molecule has 0 aliphatic rings. The van der Waals surface area contributed by atoms with E-state index < -0.39 is 6.04 Å². The SMILES string of the molecule is CCCCCCCCCCCCCCCCC(=O)N[C@@H](CCC(=O)NCCCC)C(=O)NCCCC. The summed E-state index contributed by atoms with van der Waals surface area (Å²) in [6.07, 6.45) is 22.9. The van der Waals surface area contributed by atoms with Gasteiger partial charge in [-0.15, -0.1) is 0 Å². The van der Waals surface area contributed by atoms with Crippen molar-refractivity contribution in [3.8, 4) is 0 Å². The molecule has 0 saturated heterocycles. The van der Waals surface area contributed by atoms with Crippen LogP contribution in [-0.2, 0) is 14.4 Å². The molecule has 0 spiro atoms. The fraction of sp³-hybridized carbons (Fsp3) is 0.900. The van der Waals surface area contributed by atoms with Crippen molar-refractivity contribution in [1.82, 2.24) is 16.0 Å². The van der Waals surface area contributed by atoms with Gasteiger partial charge in [-0.1, -0.05) is 117 Å². The average Bonchev–Trinajstić information content (AvgIpc) is 2.87. The van der Waals surface area contributed by atoms with Crippen LogP contribution >= 0.6 is 0 Å². The van der Waals surface area contributed by atoms with Crippen molar-refractivity contribution in [2.75, 3.05) is 13.1 Å². The molecule has 212 valence electrons. The molecule has 6 nitrogen and oxygen atoms in total. The highest BCUT2D eigenvalue weighted by atomic mass is 16.2. The summed E-state index contributed by atoms with van der Waals surface area (Å²) in [5, 5.41) is 8.66. The maximum absolute atomic E-state index is 12.6. The Morgan fingerprint density at radius 1 is 0.500 bits per heavy atom. The number of carbonyl (C=O) groups is 3. The lowest BCUT2D eigenvalue weighted by Gasteiger charge is -2.18. The number of rotatable bonds is 26. The van der Waals surface area contributed by atoms with Gasteiger partial charge in [-0.25, -0.2) is 0 Å². The fourth-order valence-corrected chi connectivity index (χ4v) is 4.30. The largest absolute Gasteiger partial charge is 0.356 e. The Labute approximate surface area is 222 Å². The number of unbranched alkanes of at least 4 members (excludes halogenated alkanes) is 15. The molecule has 0 aromatic heterocycles. The summed E-state index contributed by atoms with van der Waals surface area (Å²) in [7, 11) is 0. The van der Waals surface area contributed by atoms with E-state index in [1.165, 1.54) is 77.0 Å². The van der Waals surface area contributed by atoms with Crippen molar-refractivity contribution in [1.29, 1.82) is 0 Å². The summed E-state index contributed by atoms with van der Waals surface area (Å²) in [5.41, 5.74) is 0. The average molecular weight is 510 g/mol. The summed E-state index contributed by atoms with van der Waals surface area (Å²) in [6, 6.07) is -0.641. The predicted octanol–water partition coefficient (Wildman–Crippen LogP) is 6.96. The van der Waals surface area contributed by atoms with Gasteiger partial charge in [0, 0.05) is 25.9 Å². The normalized spacial score (nSPS) is 11.8. The van der Waals surface area contributed by atoms with Gasteiger partial charge in [-0.3, -0.25) is 14.4 Å². The second kappa shape index (κ2) is 26.5. The van der Waals surface area contributed by atoms with E-state index in [2.05, 4.69) is 36.7 Å². The van der Waals surface area contributed by atoms with E-state index >= 15 is 0 Å². The highest BCUT2D eigenvalue weighted by Gasteiger charge is 2.21. The van der Waals surface area contributed by atoms with Crippen LogP contribution in [0.5, 0.6) is 0 Å². The van der Waals surface area contributed by atoms with Crippen LogP contribution in [0.15, 0.2) is 0 Å². The second-order valence-corrected chi connectivity index (χ2v) is 10.4. The van der Waals surface area contributed by atoms with Crippen molar-refractivity contribution in [2.24, 2.45) is 0 Å². The number of amides is 3. The Balaban J connectivity index is 4.00. The maximum Gasteiger partial charge on any atom is 0.242 e. The van der Waals surface area contributed by atoms with Crippen molar-refractivity contribution < 1.29 is 14.4 Å². The van der Waals surface area contributed by atoms with Crippen LogP contribution in [0.1, 0.15) is 156 Å². The molecule has 0 saturated carbocycles. The monoisotopic (exact) mass is 509 g/mol. The van der Waals surface area contributed by atoms with E-state index in [1.807, 2.05) is 0 Å². The summed E-state index contributed by atoms with van der Waals surface area (Å²) in [6.45, 7) is 7.68. The van der Waals surface area contributed by atoms with Crippen LogP contribution in [0.4, 0.5) is 0 Å². The number of hydrogen-bond acceptors (Lipinski definition) is 3. The molecule has 0 aromatic rings. The van der Waals surface area contributed by atoms with Gasteiger partial charge in [-0.05, 0) is 25.7 Å². The molecule has 1 atom stereocenters. The van der Waals surface area contributed by atoms with Gasteiger partial charge < -0.3 is 16.0 Å². The fourth-order valence-electron chi connectivity index (χ4n) is 4.30. The molecular formula is C30H59N3O3. The lowest BCUT2D eigenvalue weighted by molar-refractivity contribution is -0.129. The highest BCUT2D eigenvalue weighted by molar-refractivity contribution is 5.88. The number of hydrogen-bond donors (Lipinski definition) is 3. The zero-order chi connectivity index (χ0) is 26.7. The zero-order valence-corrected chi connectivity index (χ0v) is 24.1. The molecule has 36 heavy (non-hydrogen) atoms. The van der Waals surface area contributed by atoms with E-state index in [1.54, 1.807) is 0 Å². The third-order valence-corrected chi connectivity index (χ3v) is 6.75. The molecule has 3 amide bonds. The quantitative estimate of drug-likeness (QED) is 0.110. The molecule has 0 fully saturated rings. The number of carbonyl (C=O) groups excluding carboxylic acids is 3. The third kappa shape index (κ3) is 22.8. The predicted molar refractivity (Wildman–Crippen MR) is 152 cm³/mol. The first-order valence-electron chi connectivity index (χ1n) is 15.4. The summed E-state index contributed by atoms with van der Waals surface area (Å²) >= 11 is 0. The number of nitrogens with one attached hydrogen (secondary N) is 3. The Kier molecular flexibility index (Phi) is 25.3. The van der Waals surface area contributed by atoms with Crippen LogP contribution in [0, 0.1) is 0 Å². The highest BCUT2D eigenvalue weighted by Crippen LogP contribution is 2.13. The Morgan fingerprint density at radius 2 is 0.944 bits per heavy atom. The molecule has 0 aliphatic heterocycles. The van der Waals surface area contributed by atoms with Crippen LogP contribution in [0.3, 0.4) is 0 Å². The second-order valence-electron chi connectivity index (χ2n) is 10.4. The molecule has 0 aliphatic carbocycles. The van der Waals surface area contributed by atoms with E-state index in [9.17, 15) is 14.4 Å². The van der Waals surface area contributed by atoms with Crippen molar-refractivity contribution in [3.05, 3.63) is 0 Å². The van der Waals surface area contributed by atoms with E-state index in [4.69, 9.17) is 0 Å². The first-order chi connectivity index (χ1) is 17.5. The molecule has 0 unspecified atom stereocenters. The molecule has 0 heterocycles. The summed E-state index contributed by atoms with van der Waals surface area (Å²) in [4.78, 5) is 37.1. The van der Waals surface area contributed by atoms with Gasteiger partial charge >= 0.3 is 0 Å². The van der Waals surface area contributed by atoms with Crippen LogP contribution in [-0.4, -0.2) is 36.9 Å². The minimum absolute atomic E-state index is 0.0592. The summed E-state index contributed by atoms with van der Waals surface area (Å²) < 4.78 is 0. The van der Waals surface area contributed by atoms with Crippen LogP contribution in [0.25, 0.3) is 0 Å². The van der Waals surface area contributed by atoms with Crippen LogP contribution in [0.2, 0.25) is 0 Å². The minimum atomic E-state index is -0.641. The lowest BCUT2D eigenvalue weighted by atomic mass is 10.0. The van der Waals surface area contributed by atoms with Crippen molar-refractivity contribution >= 4 is 17.7 Å². The van der Waals surface area contributed by atoms with Gasteiger partial charge in [0.2, 0.25) is 17.7 Å². The smallest absolute Gasteiger partial charge is 0.242 e. The molecule has 0 aromatic carbocycles. The Morgan fingerprint density at radius 3 is 1.44 bits per heavy atom. The minimum Gasteiger partial charge on any atom is -0.356 e. The zero-order valence-electron chi connectivity index (χ0n) is 24.1. The van der Waals surface area contributed by atoms with Gasteiger partial charge in [0.15, 0.2) is 0 Å². The third-order valence-electron chi connectivity index (χ3n) is 6.75. The van der Waals surface area contributed by atoms with E-state index in [0.717, 1.165) is 38.5 Å². The Bertz CT molecular complexity index is 540.